The lowest BCUT2D eigenvalue weighted by molar-refractivity contribution is 0.0538. The summed E-state index contributed by atoms with van der Waals surface area (Å²) in [6.07, 6.45) is 1.68. The zero-order chi connectivity index (χ0) is 18.1. The van der Waals surface area contributed by atoms with Crippen LogP contribution in [-0.2, 0) is 16.6 Å². The van der Waals surface area contributed by atoms with E-state index in [2.05, 4.69) is 14.9 Å². The van der Waals surface area contributed by atoms with Crippen molar-refractivity contribution in [2.45, 2.75) is 45.7 Å². The molecule has 2 aromatic rings. The van der Waals surface area contributed by atoms with Crippen LogP contribution in [0.25, 0.3) is 0 Å². The van der Waals surface area contributed by atoms with Gasteiger partial charge in [-0.15, -0.1) is 0 Å². The second-order valence-electron chi connectivity index (χ2n) is 5.83. The van der Waals surface area contributed by atoms with E-state index in [1.807, 2.05) is 19.9 Å². The fourth-order valence-corrected chi connectivity index (χ4v) is 4.06. The molecule has 2 aromatic heterocycles. The third-order valence-electron chi connectivity index (χ3n) is 3.75. The van der Waals surface area contributed by atoms with Crippen LogP contribution in [0.15, 0.2) is 17.2 Å². The molecule has 0 aromatic carbocycles. The van der Waals surface area contributed by atoms with Crippen molar-refractivity contribution < 1.29 is 17.2 Å². The van der Waals surface area contributed by atoms with Crippen molar-refractivity contribution in [3.63, 3.8) is 0 Å². The summed E-state index contributed by atoms with van der Waals surface area (Å²) < 4.78 is 55.3. The second kappa shape index (κ2) is 6.98. The average molecular weight is 361 g/mol. The number of halogens is 2. The topological polar surface area (TPSA) is 81.8 Å². The molecule has 2 rings (SSSR count). The Balaban J connectivity index is 2.10. The van der Waals surface area contributed by atoms with E-state index in [-0.39, 0.29) is 28.7 Å². The predicted molar refractivity (Wildman–Crippen MR) is 84.3 cm³/mol. The van der Waals surface area contributed by atoms with Gasteiger partial charge in [0, 0.05) is 25.0 Å². The standard InChI is InChI=1S/C14H21F2N5O2S/c1-9(8-20-10(2)5-6-17-20)7-18-24(22,23)13-11(3)19-21(12(13)4)14(15)16/h5-6,9,14,18H,7-8H2,1-4H3. The van der Waals surface area contributed by atoms with Crippen molar-refractivity contribution in [1.82, 2.24) is 24.3 Å². The highest BCUT2D eigenvalue weighted by Gasteiger charge is 2.27. The minimum absolute atomic E-state index is 0.0240. The van der Waals surface area contributed by atoms with Crippen molar-refractivity contribution in [2.75, 3.05) is 6.54 Å². The summed E-state index contributed by atoms with van der Waals surface area (Å²) in [4.78, 5) is -0.190. The van der Waals surface area contributed by atoms with E-state index in [4.69, 9.17) is 0 Å². The van der Waals surface area contributed by atoms with Crippen LogP contribution in [0.1, 0.15) is 30.6 Å². The maximum Gasteiger partial charge on any atom is 0.333 e. The number of rotatable bonds is 7. The van der Waals surface area contributed by atoms with E-state index in [9.17, 15) is 17.2 Å². The summed E-state index contributed by atoms with van der Waals surface area (Å²) in [6, 6.07) is 1.86. The van der Waals surface area contributed by atoms with Crippen molar-refractivity contribution in [2.24, 2.45) is 5.92 Å². The summed E-state index contributed by atoms with van der Waals surface area (Å²) >= 11 is 0. The minimum atomic E-state index is -3.91. The molecular weight excluding hydrogens is 340 g/mol. The first kappa shape index (κ1) is 18.5. The highest BCUT2D eigenvalue weighted by atomic mass is 32.2. The SMILES string of the molecule is Cc1nn(C(F)F)c(C)c1S(=O)(=O)NCC(C)Cn1nccc1C. The van der Waals surface area contributed by atoms with Crippen molar-refractivity contribution in [3.05, 3.63) is 29.3 Å². The number of sulfonamides is 1. The van der Waals surface area contributed by atoms with Gasteiger partial charge < -0.3 is 0 Å². The predicted octanol–water partition coefficient (Wildman–Crippen LogP) is 2.01. The molecule has 0 aliphatic rings. The molecule has 2 heterocycles. The van der Waals surface area contributed by atoms with Crippen LogP contribution in [0.4, 0.5) is 8.78 Å². The normalized spacial score (nSPS) is 13.6. The molecule has 1 N–H and O–H groups in total. The molecule has 1 unspecified atom stereocenters. The smallest absolute Gasteiger partial charge is 0.270 e. The molecular formula is C14H21F2N5O2S. The first-order valence-corrected chi connectivity index (χ1v) is 8.93. The van der Waals surface area contributed by atoms with Crippen molar-refractivity contribution in [1.29, 1.82) is 0 Å². The number of alkyl halides is 2. The fourth-order valence-electron chi connectivity index (χ4n) is 2.50. The van der Waals surface area contributed by atoms with Gasteiger partial charge >= 0.3 is 6.55 Å². The Bertz CT molecular complexity index is 813. The quantitative estimate of drug-likeness (QED) is 0.818. The molecule has 0 amide bonds. The van der Waals surface area contributed by atoms with Gasteiger partial charge in [0.05, 0.1) is 11.4 Å². The monoisotopic (exact) mass is 361 g/mol. The Morgan fingerprint density at radius 3 is 2.46 bits per heavy atom. The molecule has 10 heteroatoms. The molecule has 0 aliphatic heterocycles. The molecule has 0 fully saturated rings. The Labute approximate surface area is 139 Å². The van der Waals surface area contributed by atoms with Crippen LogP contribution in [-0.4, -0.2) is 34.5 Å². The van der Waals surface area contributed by atoms with Crippen LogP contribution in [0.5, 0.6) is 0 Å². The number of aromatic nitrogens is 4. The van der Waals surface area contributed by atoms with Gasteiger partial charge in [0.15, 0.2) is 0 Å². The zero-order valence-electron chi connectivity index (χ0n) is 14.0. The van der Waals surface area contributed by atoms with E-state index in [0.717, 1.165) is 5.69 Å². The van der Waals surface area contributed by atoms with E-state index < -0.39 is 16.6 Å². The summed E-state index contributed by atoms with van der Waals surface area (Å²) in [5, 5.41) is 7.76. The van der Waals surface area contributed by atoms with E-state index in [1.165, 1.54) is 13.8 Å². The Kier molecular flexibility index (Phi) is 5.38. The van der Waals surface area contributed by atoms with Gasteiger partial charge in [-0.1, -0.05) is 6.92 Å². The summed E-state index contributed by atoms with van der Waals surface area (Å²) in [7, 11) is -3.91. The number of nitrogens with one attached hydrogen (secondary N) is 1. The third kappa shape index (κ3) is 3.81. The molecule has 0 aliphatic carbocycles. The van der Waals surface area contributed by atoms with E-state index in [0.29, 0.717) is 11.2 Å². The average Bonchev–Trinajstić information content (AvgIpc) is 3.01. The molecule has 0 bridgehead atoms. The van der Waals surface area contributed by atoms with Gasteiger partial charge in [0.2, 0.25) is 10.0 Å². The first-order valence-electron chi connectivity index (χ1n) is 7.45. The van der Waals surface area contributed by atoms with Gasteiger partial charge in [-0.2, -0.15) is 19.0 Å². The largest absolute Gasteiger partial charge is 0.333 e. The second-order valence-corrected chi connectivity index (χ2v) is 7.54. The van der Waals surface area contributed by atoms with Crippen LogP contribution < -0.4 is 4.72 Å². The van der Waals surface area contributed by atoms with Crippen LogP contribution in [0.2, 0.25) is 0 Å². The molecule has 134 valence electrons. The third-order valence-corrected chi connectivity index (χ3v) is 5.42. The molecule has 0 saturated carbocycles. The number of hydrogen-bond acceptors (Lipinski definition) is 4. The van der Waals surface area contributed by atoms with Crippen LogP contribution >= 0.6 is 0 Å². The Morgan fingerprint density at radius 1 is 1.29 bits per heavy atom. The number of nitrogens with zero attached hydrogens (tertiary/aromatic N) is 4. The van der Waals surface area contributed by atoms with Gasteiger partial charge in [-0.25, -0.2) is 17.8 Å². The highest BCUT2D eigenvalue weighted by Crippen LogP contribution is 2.23. The van der Waals surface area contributed by atoms with E-state index in [1.54, 1.807) is 10.9 Å². The maximum atomic E-state index is 12.8. The summed E-state index contributed by atoms with van der Waals surface area (Å²) in [6.45, 7) is 4.35. The molecule has 24 heavy (non-hydrogen) atoms. The number of hydrogen-bond donors (Lipinski definition) is 1. The molecule has 1 atom stereocenters. The Hall–Kier alpha value is -1.81. The van der Waals surface area contributed by atoms with E-state index >= 15 is 0 Å². The maximum absolute atomic E-state index is 12.8. The fraction of sp³-hybridized carbons (Fsp3) is 0.571. The Morgan fingerprint density at radius 2 is 1.96 bits per heavy atom. The highest BCUT2D eigenvalue weighted by molar-refractivity contribution is 7.89. The van der Waals surface area contributed by atoms with Gasteiger partial charge in [-0.05, 0) is 32.8 Å². The molecule has 7 nitrogen and oxygen atoms in total. The van der Waals surface area contributed by atoms with Gasteiger partial charge in [-0.3, -0.25) is 4.68 Å². The number of aryl methyl sites for hydroxylation is 2. The lowest BCUT2D eigenvalue weighted by atomic mass is 10.2. The van der Waals surface area contributed by atoms with Crippen molar-refractivity contribution in [3.8, 4) is 0 Å². The molecule has 0 saturated heterocycles. The first-order chi connectivity index (χ1) is 11.1. The molecule has 0 spiro atoms. The summed E-state index contributed by atoms with van der Waals surface area (Å²) in [5.41, 5.74) is 0.955. The summed E-state index contributed by atoms with van der Waals surface area (Å²) in [5.74, 6) is -0.0240. The van der Waals surface area contributed by atoms with Crippen LogP contribution in [0, 0.1) is 26.7 Å². The zero-order valence-corrected chi connectivity index (χ0v) is 14.8. The minimum Gasteiger partial charge on any atom is -0.270 e. The van der Waals surface area contributed by atoms with Crippen molar-refractivity contribution >= 4 is 10.0 Å². The lowest BCUT2D eigenvalue weighted by Gasteiger charge is -2.14. The van der Waals surface area contributed by atoms with Gasteiger partial charge in [0.25, 0.3) is 0 Å². The lowest BCUT2D eigenvalue weighted by Crippen LogP contribution is -2.31. The van der Waals surface area contributed by atoms with Gasteiger partial charge in [0.1, 0.15) is 4.90 Å². The van der Waals surface area contributed by atoms with Crippen LogP contribution in [0.3, 0.4) is 0 Å². The molecule has 0 radical (unpaired) electrons.